The number of benzene rings is 2. The van der Waals surface area contributed by atoms with E-state index < -0.39 is 11.9 Å². The van der Waals surface area contributed by atoms with Gasteiger partial charge in [-0.3, -0.25) is 5.43 Å². The Bertz CT molecular complexity index is 2990. The second kappa shape index (κ2) is 23.0. The number of ether oxygens (including phenoxy) is 2. The van der Waals surface area contributed by atoms with Gasteiger partial charge in [0.25, 0.3) is 0 Å². The first-order chi connectivity index (χ1) is 30.9. The van der Waals surface area contributed by atoms with Gasteiger partial charge >= 0.3 is 59.1 Å². The van der Waals surface area contributed by atoms with Crippen molar-refractivity contribution in [3.05, 3.63) is 166 Å². The van der Waals surface area contributed by atoms with Crippen molar-refractivity contribution in [2.75, 3.05) is 6.67 Å². The molecule has 1 aliphatic rings. The third kappa shape index (κ3) is 11.9. The van der Waals surface area contributed by atoms with Gasteiger partial charge in [0.2, 0.25) is 17.7 Å². The van der Waals surface area contributed by atoms with Crippen molar-refractivity contribution in [3.63, 3.8) is 0 Å². The first kappa shape index (κ1) is 48.1. The van der Waals surface area contributed by atoms with Crippen molar-refractivity contribution in [2.45, 2.75) is 13.2 Å². The zero-order valence-electron chi connectivity index (χ0n) is 34.7. The summed E-state index contributed by atoms with van der Waals surface area (Å²) in [6.07, 6.45) is 6.25. The number of carboxylic acids is 1. The molecule has 2 N–H and O–H groups in total. The quantitative estimate of drug-likeness (QED) is 0.0990. The molecular weight excluding hydrogens is 887 g/mol. The van der Waals surface area contributed by atoms with Gasteiger partial charge in [-0.15, -0.1) is 22.7 Å². The molecule has 0 atom stereocenters. The smallest absolute Gasteiger partial charge is 0.858 e. The molecule has 0 saturated carbocycles. The Morgan fingerprint density at radius 1 is 0.723 bits per heavy atom. The van der Waals surface area contributed by atoms with E-state index in [0.717, 1.165) is 32.0 Å². The number of carbonyl (C=O) groups is 1. The zero-order valence-corrected chi connectivity index (χ0v) is 40.3. The Kier molecular flexibility index (Phi) is 17.0. The van der Waals surface area contributed by atoms with Gasteiger partial charge in [-0.25, -0.2) is 25.4 Å². The molecule has 65 heavy (non-hydrogen) atoms. The summed E-state index contributed by atoms with van der Waals surface area (Å²) in [6, 6.07) is 32.5. The van der Waals surface area contributed by atoms with E-state index in [1.165, 1.54) is 23.5 Å². The molecule has 8 aromatic rings. The number of carbonyl (C=O) groups excluding carboxylic acids is 1. The molecule has 15 nitrogen and oxygen atoms in total. The second-order valence-electron chi connectivity index (χ2n) is 13.3. The summed E-state index contributed by atoms with van der Waals surface area (Å²) < 4.78 is 22.3. The van der Waals surface area contributed by atoms with Gasteiger partial charge in [0, 0.05) is 22.3 Å². The van der Waals surface area contributed by atoms with E-state index >= 15 is 0 Å². The Hall–Kier alpha value is -6.35. The van der Waals surface area contributed by atoms with Crippen molar-refractivity contribution in [1.29, 1.82) is 10.5 Å². The van der Waals surface area contributed by atoms with Gasteiger partial charge in [0.15, 0.2) is 0 Å². The molecular formula is C46H30N8Na2O7S2. The molecule has 0 saturated heterocycles. The normalized spacial score (nSPS) is 11.6. The van der Waals surface area contributed by atoms with E-state index in [-0.39, 0.29) is 95.6 Å². The molecule has 2 aromatic carbocycles. The first-order valence-corrected chi connectivity index (χ1v) is 20.6. The Balaban J connectivity index is 0.000000211. The second-order valence-corrected chi connectivity index (χ2v) is 15.2. The van der Waals surface area contributed by atoms with Crippen molar-refractivity contribution in [1.82, 2.24) is 20.8 Å². The van der Waals surface area contributed by atoms with Crippen LogP contribution in [-0.4, -0.2) is 34.5 Å². The molecule has 19 heteroatoms. The van der Waals surface area contributed by atoms with Crippen LogP contribution in [0.4, 0.5) is 0 Å². The van der Waals surface area contributed by atoms with E-state index in [0.29, 0.717) is 45.9 Å². The maximum atomic E-state index is 12.3. The van der Waals surface area contributed by atoms with E-state index in [1.807, 2.05) is 47.2 Å². The van der Waals surface area contributed by atoms with E-state index in [1.54, 1.807) is 84.9 Å². The maximum Gasteiger partial charge on any atom is 1.00 e. The summed E-state index contributed by atoms with van der Waals surface area (Å²) in [7, 11) is 0. The number of rotatable bonds is 12. The molecule has 310 valence electrons. The summed E-state index contributed by atoms with van der Waals surface area (Å²) in [5, 5.41) is 46.7. The van der Waals surface area contributed by atoms with Crippen LogP contribution in [0.5, 0.6) is 11.8 Å². The molecule has 0 unspecified atom stereocenters. The topological polar surface area (TPSA) is 230 Å². The molecule has 0 radical (unpaired) electrons. The number of pyridine rings is 2. The van der Waals surface area contributed by atoms with Crippen molar-refractivity contribution >= 4 is 40.5 Å². The van der Waals surface area contributed by atoms with Crippen LogP contribution in [0.25, 0.3) is 43.4 Å². The number of hydrazine groups is 1. The maximum absolute atomic E-state index is 12.3. The molecule has 1 aliphatic heterocycles. The number of aromatic carboxylic acids is 1. The summed E-state index contributed by atoms with van der Waals surface area (Å²) in [6.45, 7) is 0.676. The minimum atomic E-state index is -1.24. The average molecular weight is 917 g/mol. The monoisotopic (exact) mass is 916 g/mol. The largest absolute Gasteiger partial charge is 1.00 e. The van der Waals surface area contributed by atoms with Crippen LogP contribution >= 0.6 is 22.7 Å². The van der Waals surface area contributed by atoms with Crippen LogP contribution in [0.3, 0.4) is 0 Å². The molecule has 0 aliphatic carbocycles. The number of guanidine groups is 1. The Morgan fingerprint density at radius 2 is 1.22 bits per heavy atom. The summed E-state index contributed by atoms with van der Waals surface area (Å²) in [4.78, 5) is 29.9. The van der Waals surface area contributed by atoms with E-state index in [2.05, 4.69) is 42.9 Å². The SMILES string of the molecule is N#Cc1c(-c2ccoc2)cc(-c2cccs2)nc1OCc1ccc(C(=O)[O-])cc1.N#Cc1c(-c2ccoc2)cc(-c2cccs2)nc1OCc1ccc(C([O-])=NC2=NCNN2)cc1.[Na+].[Na+]. The van der Waals surface area contributed by atoms with Gasteiger partial charge in [-0.1, -0.05) is 60.7 Å². The fraction of sp³-hybridized carbons (Fsp3) is 0.0652. The van der Waals surface area contributed by atoms with Gasteiger partial charge in [-0.05, 0) is 75.3 Å². The predicted octanol–water partition coefficient (Wildman–Crippen LogP) is 0.941. The standard InChI is InChI=1S/C24H18N6O3S.C22H14N2O4S.2Na/c25-11-19-18(17-7-8-32-13-17)10-20(21-2-1-9-34-21)28-23(19)33-12-15-3-5-16(6-4-15)22(31)29-24-26-14-27-30-24;23-11-18-17(16-7-8-27-13-16)10-19(20-2-1-9-29-20)24-21(18)28-12-14-3-5-15(6-4-14)22(25)26;;/h1-10,13,27H,12,14H2,(H2,26,29,30,31);1-10,13H,12H2,(H,25,26);;/q;;2*+1/p-2. The number of nitrogens with zero attached hydrogens (tertiary/aromatic N) is 6. The average Bonchev–Trinajstić information content (AvgIpc) is 4.18. The Morgan fingerprint density at radius 3 is 1.60 bits per heavy atom. The third-order valence-electron chi connectivity index (χ3n) is 9.26. The van der Waals surface area contributed by atoms with Gasteiger partial charge < -0.3 is 33.3 Å². The fourth-order valence-electron chi connectivity index (χ4n) is 6.14. The minimum Gasteiger partial charge on any atom is -0.858 e. The number of carboxylic acid groups (broad SMARTS) is 1. The number of aromatic nitrogens is 2. The molecule has 6 aromatic heterocycles. The van der Waals surface area contributed by atoms with Crippen molar-refractivity contribution in [3.8, 4) is 67.3 Å². The minimum absolute atomic E-state index is 0. The molecule has 0 fully saturated rings. The first-order valence-electron chi connectivity index (χ1n) is 18.8. The van der Waals surface area contributed by atoms with Crippen molar-refractivity contribution < 1.29 is 92.4 Å². The van der Waals surface area contributed by atoms with E-state index in [9.17, 15) is 25.5 Å². The zero-order chi connectivity index (χ0) is 43.5. The van der Waals surface area contributed by atoms with Crippen molar-refractivity contribution in [2.24, 2.45) is 9.98 Å². The molecule has 7 heterocycles. The van der Waals surface area contributed by atoms with Crippen LogP contribution in [-0.2, 0) is 13.2 Å². The van der Waals surface area contributed by atoms with Gasteiger partial charge in [-0.2, -0.15) is 10.5 Å². The molecule has 9 rings (SSSR count). The predicted molar refractivity (Wildman–Crippen MR) is 231 cm³/mol. The summed E-state index contributed by atoms with van der Waals surface area (Å²) in [5.74, 6) is -0.939. The number of aliphatic imine (C=N–C) groups is 2. The number of furan rings is 2. The number of hydrogen-bond donors (Lipinski definition) is 2. The Labute approximate surface area is 424 Å². The summed E-state index contributed by atoms with van der Waals surface area (Å²) >= 11 is 3.09. The van der Waals surface area contributed by atoms with Crippen LogP contribution in [0.15, 0.2) is 152 Å². The number of thiophene rings is 2. The van der Waals surface area contributed by atoms with Crippen LogP contribution in [0.1, 0.15) is 38.2 Å². The fourth-order valence-corrected chi connectivity index (χ4v) is 7.51. The summed E-state index contributed by atoms with van der Waals surface area (Å²) in [5.41, 5.74) is 12.4. The molecule has 0 amide bonds. The van der Waals surface area contributed by atoms with Crippen LogP contribution in [0.2, 0.25) is 0 Å². The van der Waals surface area contributed by atoms with Crippen LogP contribution in [0, 0.1) is 22.7 Å². The van der Waals surface area contributed by atoms with Gasteiger partial charge in [0.1, 0.15) is 43.1 Å². The number of hydrogen-bond acceptors (Lipinski definition) is 17. The number of nitrogens with one attached hydrogen (secondary N) is 2. The van der Waals surface area contributed by atoms with Gasteiger partial charge in [0.05, 0.1) is 52.2 Å². The van der Waals surface area contributed by atoms with Crippen LogP contribution < -0.4 is 89.7 Å². The van der Waals surface area contributed by atoms with E-state index in [4.69, 9.17) is 18.3 Å². The third-order valence-corrected chi connectivity index (χ3v) is 11.0. The molecule has 0 spiro atoms. The molecule has 0 bridgehead atoms. The number of nitriles is 2.